The van der Waals surface area contributed by atoms with Gasteiger partial charge < -0.3 is 14.7 Å². The molecule has 0 unspecified atom stereocenters. The van der Waals surface area contributed by atoms with Crippen molar-refractivity contribution in [3.05, 3.63) is 47.8 Å². The summed E-state index contributed by atoms with van der Waals surface area (Å²) in [6.45, 7) is -0.709. The Hall–Kier alpha value is -3.03. The molecular formula is C27H28F7NO5S. The van der Waals surface area contributed by atoms with Gasteiger partial charge in [0.2, 0.25) is 21.3 Å². The number of hydrogen-bond donors (Lipinski definition) is 1. The van der Waals surface area contributed by atoms with Gasteiger partial charge >= 0.3 is 12.1 Å². The first kappa shape index (κ1) is 30.9. The summed E-state index contributed by atoms with van der Waals surface area (Å²) in [4.78, 5) is 12.0. The van der Waals surface area contributed by atoms with Gasteiger partial charge in [0, 0.05) is 30.6 Å². The lowest BCUT2D eigenvalue weighted by atomic mass is 9.87. The first-order valence-corrected chi connectivity index (χ1v) is 14.4. The molecule has 1 N–H and O–H groups in total. The third-order valence-corrected chi connectivity index (χ3v) is 9.58. The van der Waals surface area contributed by atoms with Crippen molar-refractivity contribution in [3.63, 3.8) is 0 Å². The molecule has 4 rings (SSSR count). The third-order valence-electron chi connectivity index (χ3n) is 7.66. The highest BCUT2D eigenvalue weighted by molar-refractivity contribution is 7.92. The number of carboxylic acid groups (broad SMARTS) is 1. The zero-order chi connectivity index (χ0) is 30.4. The summed E-state index contributed by atoms with van der Waals surface area (Å²) in [5.41, 5.74) is -6.28. The predicted molar refractivity (Wildman–Crippen MR) is 134 cm³/mol. The SMILES string of the molecule is CC(F)(F)CC[C@@H]1CN(c2ccc(F)cc2)c2cc(C(F)(F)F)c(OCC3(C(=O)O)CCCC3)cc2S(=O)(=O)[C@@H]1F. The van der Waals surface area contributed by atoms with Crippen LogP contribution in [0.3, 0.4) is 0 Å². The van der Waals surface area contributed by atoms with E-state index in [-0.39, 0.29) is 18.5 Å². The van der Waals surface area contributed by atoms with Gasteiger partial charge in [0.25, 0.3) is 0 Å². The van der Waals surface area contributed by atoms with Crippen molar-refractivity contribution >= 4 is 27.2 Å². The summed E-state index contributed by atoms with van der Waals surface area (Å²) in [5, 5.41) is 9.70. The molecule has 2 aliphatic rings. The molecule has 0 spiro atoms. The fourth-order valence-electron chi connectivity index (χ4n) is 5.33. The molecule has 2 aromatic carbocycles. The van der Waals surface area contributed by atoms with Crippen LogP contribution in [0.25, 0.3) is 0 Å². The Labute approximate surface area is 232 Å². The van der Waals surface area contributed by atoms with Gasteiger partial charge in [-0.3, -0.25) is 4.79 Å². The van der Waals surface area contributed by atoms with Crippen LogP contribution in [-0.2, 0) is 20.8 Å². The van der Waals surface area contributed by atoms with Crippen molar-refractivity contribution in [2.45, 2.75) is 67.9 Å². The van der Waals surface area contributed by atoms with Gasteiger partial charge in [-0.05, 0) is 56.5 Å². The molecule has 0 amide bonds. The van der Waals surface area contributed by atoms with E-state index in [2.05, 4.69) is 0 Å². The van der Waals surface area contributed by atoms with E-state index in [9.17, 15) is 44.7 Å². The predicted octanol–water partition coefficient (Wildman–Crippen LogP) is 7.14. The summed E-state index contributed by atoms with van der Waals surface area (Å²) < 4.78 is 132. The second-order valence-electron chi connectivity index (χ2n) is 10.7. The van der Waals surface area contributed by atoms with Crippen LogP contribution in [0.2, 0.25) is 0 Å². The zero-order valence-corrected chi connectivity index (χ0v) is 22.7. The molecule has 0 aromatic heterocycles. The molecule has 1 fully saturated rings. The van der Waals surface area contributed by atoms with E-state index in [0.29, 0.717) is 31.9 Å². The normalized spacial score (nSPS) is 22.2. The Balaban J connectivity index is 1.88. The van der Waals surface area contributed by atoms with Crippen molar-refractivity contribution in [3.8, 4) is 5.75 Å². The molecule has 0 bridgehead atoms. The van der Waals surface area contributed by atoms with Crippen molar-refractivity contribution in [2.24, 2.45) is 11.3 Å². The van der Waals surface area contributed by atoms with Crippen LogP contribution in [0.15, 0.2) is 41.3 Å². The van der Waals surface area contributed by atoms with Gasteiger partial charge in [-0.15, -0.1) is 0 Å². The summed E-state index contributed by atoms with van der Waals surface area (Å²) >= 11 is 0. The number of hydrogen-bond acceptors (Lipinski definition) is 5. The smallest absolute Gasteiger partial charge is 0.420 e. The Morgan fingerprint density at radius 2 is 1.71 bits per heavy atom. The summed E-state index contributed by atoms with van der Waals surface area (Å²) in [7, 11) is -5.07. The van der Waals surface area contributed by atoms with Crippen LogP contribution in [-0.4, -0.2) is 44.1 Å². The number of benzene rings is 2. The molecule has 2 aromatic rings. The van der Waals surface area contributed by atoms with E-state index in [4.69, 9.17) is 4.74 Å². The number of carboxylic acids is 1. The van der Waals surface area contributed by atoms with Crippen LogP contribution in [0.4, 0.5) is 42.1 Å². The Morgan fingerprint density at radius 3 is 2.24 bits per heavy atom. The zero-order valence-electron chi connectivity index (χ0n) is 21.9. The van der Waals surface area contributed by atoms with E-state index < -0.39 is 98.4 Å². The number of ether oxygens (including phenoxy) is 1. The molecule has 2 atom stereocenters. The summed E-state index contributed by atoms with van der Waals surface area (Å²) in [5.74, 6) is -7.84. The highest BCUT2D eigenvalue weighted by Crippen LogP contribution is 2.48. The van der Waals surface area contributed by atoms with Gasteiger partial charge in [-0.25, -0.2) is 26.0 Å². The lowest BCUT2D eigenvalue weighted by Gasteiger charge is -2.29. The van der Waals surface area contributed by atoms with E-state index in [0.717, 1.165) is 29.2 Å². The molecule has 226 valence electrons. The van der Waals surface area contributed by atoms with E-state index in [1.807, 2.05) is 0 Å². The molecule has 1 aliphatic heterocycles. The number of fused-ring (bicyclic) bond motifs is 1. The molecule has 6 nitrogen and oxygen atoms in total. The second-order valence-corrected chi connectivity index (χ2v) is 12.7. The molecule has 0 saturated heterocycles. The lowest BCUT2D eigenvalue weighted by Crippen LogP contribution is -2.34. The fourth-order valence-corrected chi connectivity index (χ4v) is 7.04. The maximum atomic E-state index is 15.7. The number of anilines is 2. The molecule has 1 aliphatic carbocycles. The van der Waals surface area contributed by atoms with Gasteiger partial charge in [0.15, 0.2) is 0 Å². The standard InChI is InChI=1S/C27H28F7NO5S/c1-25(30,31)11-8-16-14-35(18-6-4-17(28)5-7-18)20-12-19(27(32,33)34)21(13-22(20)41(38,39)23(16)29)40-15-26(24(36)37)9-2-3-10-26/h4-7,12-13,16,23H,2-3,8-11,14-15H2,1H3,(H,36,37)/t16-,23+/m1/s1. The highest BCUT2D eigenvalue weighted by atomic mass is 32.2. The maximum absolute atomic E-state index is 15.7. The van der Waals surface area contributed by atoms with Gasteiger partial charge in [0.1, 0.15) is 23.6 Å². The maximum Gasteiger partial charge on any atom is 0.420 e. The number of halogens is 7. The molecule has 0 radical (unpaired) electrons. The molecule has 1 heterocycles. The Morgan fingerprint density at radius 1 is 1.10 bits per heavy atom. The fraction of sp³-hybridized carbons (Fsp3) is 0.519. The summed E-state index contributed by atoms with van der Waals surface area (Å²) in [6.07, 6.45) is -5.32. The first-order chi connectivity index (χ1) is 18.9. The highest BCUT2D eigenvalue weighted by Gasteiger charge is 2.47. The number of rotatable bonds is 8. The average Bonchev–Trinajstić information content (AvgIpc) is 3.34. The first-order valence-electron chi connectivity index (χ1n) is 12.8. The minimum absolute atomic E-state index is 0.00258. The molecule has 41 heavy (non-hydrogen) atoms. The molecular weight excluding hydrogens is 583 g/mol. The minimum Gasteiger partial charge on any atom is -0.492 e. The lowest BCUT2D eigenvalue weighted by molar-refractivity contribution is -0.150. The topological polar surface area (TPSA) is 83.9 Å². The summed E-state index contributed by atoms with van der Waals surface area (Å²) in [6, 6.07) is 5.18. The van der Waals surface area contributed by atoms with Crippen LogP contribution in [0.5, 0.6) is 5.75 Å². The number of alkyl halides is 6. The monoisotopic (exact) mass is 611 g/mol. The second kappa shape index (κ2) is 11.0. The van der Waals surface area contributed by atoms with Crippen LogP contribution in [0.1, 0.15) is 51.0 Å². The molecule has 14 heteroatoms. The van der Waals surface area contributed by atoms with Crippen molar-refractivity contribution in [1.82, 2.24) is 0 Å². The largest absolute Gasteiger partial charge is 0.492 e. The third kappa shape index (κ3) is 6.41. The quantitative estimate of drug-likeness (QED) is 0.320. The number of nitrogens with zero attached hydrogens (tertiary/aromatic N) is 1. The van der Waals surface area contributed by atoms with Crippen molar-refractivity contribution in [2.75, 3.05) is 18.1 Å². The van der Waals surface area contributed by atoms with Crippen LogP contribution in [0, 0.1) is 17.2 Å². The van der Waals surface area contributed by atoms with Gasteiger partial charge in [-0.1, -0.05) is 12.8 Å². The number of carbonyl (C=O) groups is 1. The van der Waals surface area contributed by atoms with Crippen molar-refractivity contribution < 1.29 is 53.8 Å². The minimum atomic E-state index is -5.11. The van der Waals surface area contributed by atoms with Crippen molar-refractivity contribution in [1.29, 1.82) is 0 Å². The van der Waals surface area contributed by atoms with Gasteiger partial charge in [-0.2, -0.15) is 13.2 Å². The van der Waals surface area contributed by atoms with E-state index >= 15 is 4.39 Å². The van der Waals surface area contributed by atoms with Crippen LogP contribution < -0.4 is 9.64 Å². The van der Waals surface area contributed by atoms with E-state index in [1.54, 1.807) is 0 Å². The van der Waals surface area contributed by atoms with Gasteiger partial charge in [0.05, 0.1) is 16.1 Å². The molecule has 1 saturated carbocycles. The average molecular weight is 612 g/mol. The number of sulfone groups is 1. The number of aliphatic carboxylic acids is 1. The Kier molecular flexibility index (Phi) is 8.29. The Bertz CT molecular complexity index is 1380. The van der Waals surface area contributed by atoms with Crippen LogP contribution >= 0.6 is 0 Å². The van der Waals surface area contributed by atoms with E-state index in [1.165, 1.54) is 0 Å².